The number of carbonyl (C=O) groups is 2. The number of nitrogens with one attached hydrogen (secondary N) is 1. The van der Waals surface area contributed by atoms with Crippen molar-refractivity contribution < 1.29 is 27.8 Å². The molecule has 0 radical (unpaired) electrons. The zero-order valence-corrected chi connectivity index (χ0v) is 14.6. The number of cyclic esters (lactones) is 1. The molecule has 2 aliphatic rings. The lowest BCUT2D eigenvalue weighted by Crippen LogP contribution is -2.52. The molecule has 0 bridgehead atoms. The van der Waals surface area contributed by atoms with Crippen LogP contribution in [0.1, 0.15) is 13.3 Å². The van der Waals surface area contributed by atoms with Gasteiger partial charge in [0.2, 0.25) is 5.91 Å². The van der Waals surface area contributed by atoms with Crippen LogP contribution in [0.3, 0.4) is 0 Å². The van der Waals surface area contributed by atoms with Crippen molar-refractivity contribution in [3.8, 4) is 0 Å². The van der Waals surface area contributed by atoms with Crippen molar-refractivity contribution >= 4 is 23.4 Å². The fraction of sp³-hybridized carbons (Fsp3) is 0.529. The molecule has 2 fully saturated rings. The van der Waals surface area contributed by atoms with Crippen molar-refractivity contribution in [1.82, 2.24) is 5.32 Å². The van der Waals surface area contributed by atoms with Gasteiger partial charge in [-0.1, -0.05) is 6.92 Å². The first-order chi connectivity index (χ1) is 12.4. The van der Waals surface area contributed by atoms with Crippen LogP contribution in [-0.4, -0.2) is 57.5 Å². The van der Waals surface area contributed by atoms with Crippen LogP contribution in [0.2, 0.25) is 0 Å². The quantitative estimate of drug-likeness (QED) is 0.826. The van der Waals surface area contributed by atoms with Gasteiger partial charge in [-0.25, -0.2) is 13.6 Å². The van der Waals surface area contributed by atoms with Crippen molar-refractivity contribution in [1.29, 1.82) is 0 Å². The maximum Gasteiger partial charge on any atom is 0.414 e. The number of anilines is 2. The van der Waals surface area contributed by atoms with Crippen LogP contribution in [0.4, 0.5) is 25.0 Å². The highest BCUT2D eigenvalue weighted by Gasteiger charge is 2.35. The molecule has 1 atom stereocenters. The van der Waals surface area contributed by atoms with E-state index in [0.717, 1.165) is 17.0 Å². The topological polar surface area (TPSA) is 71.1 Å². The Morgan fingerprint density at radius 3 is 2.54 bits per heavy atom. The Hall–Kier alpha value is -2.42. The number of nitrogens with zero attached hydrogens (tertiary/aromatic N) is 2. The molecule has 26 heavy (non-hydrogen) atoms. The van der Waals surface area contributed by atoms with Crippen molar-refractivity contribution in [3.63, 3.8) is 0 Å². The Kier molecular flexibility index (Phi) is 5.26. The van der Waals surface area contributed by atoms with Gasteiger partial charge in [-0.15, -0.1) is 0 Å². The van der Waals surface area contributed by atoms with Gasteiger partial charge in [-0.05, 0) is 0 Å². The zero-order chi connectivity index (χ0) is 18.8. The van der Waals surface area contributed by atoms with Crippen LogP contribution in [-0.2, 0) is 14.3 Å². The minimum Gasteiger partial charge on any atom is -0.442 e. The average molecular weight is 369 g/mol. The number of ether oxygens (including phenoxy) is 2. The Bertz CT molecular complexity index is 686. The number of rotatable bonds is 6. The molecule has 9 heteroatoms. The maximum atomic E-state index is 14.4. The monoisotopic (exact) mass is 369 g/mol. The summed E-state index contributed by atoms with van der Waals surface area (Å²) in [5.74, 6) is -1.65. The SMILES string of the molecule is CCC(=O)NC[C@H]1CN(c2cc(F)c(N3CC(OC)C3)c(F)c2)C(=O)O1. The predicted molar refractivity (Wildman–Crippen MR) is 90.3 cm³/mol. The van der Waals surface area contributed by atoms with Gasteiger partial charge in [0.25, 0.3) is 0 Å². The standard InChI is InChI=1S/C17H21F2N3O4/c1-3-15(23)20-6-11-9-22(17(24)26-11)10-4-13(18)16(14(19)5-10)21-7-12(8-21)25-2/h4-5,11-12H,3,6-9H2,1-2H3,(H,20,23)/t11-/m0/s1. The first kappa shape index (κ1) is 18.4. The van der Waals surface area contributed by atoms with Crippen LogP contribution >= 0.6 is 0 Å². The van der Waals surface area contributed by atoms with E-state index >= 15 is 0 Å². The van der Waals surface area contributed by atoms with Gasteiger partial charge in [0.05, 0.1) is 24.9 Å². The molecular weight excluding hydrogens is 348 g/mol. The molecule has 1 N–H and O–H groups in total. The number of halogens is 2. The highest BCUT2D eigenvalue weighted by Crippen LogP contribution is 2.33. The van der Waals surface area contributed by atoms with Crippen LogP contribution in [0.15, 0.2) is 12.1 Å². The van der Waals surface area contributed by atoms with E-state index in [1.807, 2.05) is 0 Å². The lowest BCUT2D eigenvalue weighted by atomic mass is 10.1. The van der Waals surface area contributed by atoms with Gasteiger partial charge in [-0.2, -0.15) is 0 Å². The molecule has 0 spiro atoms. The number of carbonyl (C=O) groups excluding carboxylic acids is 2. The second kappa shape index (κ2) is 7.45. The van der Waals surface area contributed by atoms with Gasteiger partial charge in [0.1, 0.15) is 11.8 Å². The lowest BCUT2D eigenvalue weighted by molar-refractivity contribution is -0.121. The second-order valence-electron chi connectivity index (χ2n) is 6.29. The van der Waals surface area contributed by atoms with Crippen molar-refractivity contribution in [2.75, 3.05) is 43.1 Å². The Morgan fingerprint density at radius 1 is 1.31 bits per heavy atom. The summed E-state index contributed by atoms with van der Waals surface area (Å²) in [6, 6.07) is 2.24. The molecule has 1 aromatic carbocycles. The highest BCUT2D eigenvalue weighted by molar-refractivity contribution is 5.90. The third-order valence-electron chi connectivity index (χ3n) is 4.53. The third-order valence-corrected chi connectivity index (χ3v) is 4.53. The summed E-state index contributed by atoms with van der Waals surface area (Å²) in [5, 5.41) is 2.63. The van der Waals surface area contributed by atoms with E-state index < -0.39 is 23.8 Å². The van der Waals surface area contributed by atoms with Crippen molar-refractivity contribution in [2.45, 2.75) is 25.6 Å². The Labute approximate surface area is 149 Å². The second-order valence-corrected chi connectivity index (χ2v) is 6.29. The fourth-order valence-corrected chi connectivity index (χ4v) is 2.97. The molecule has 3 rings (SSSR count). The maximum absolute atomic E-state index is 14.4. The number of benzene rings is 1. The summed E-state index contributed by atoms with van der Waals surface area (Å²) in [7, 11) is 1.55. The Balaban J connectivity index is 1.70. The third kappa shape index (κ3) is 3.57. The lowest BCUT2D eigenvalue weighted by Gasteiger charge is -2.40. The molecule has 0 unspecified atom stereocenters. The van der Waals surface area contributed by atoms with Gasteiger partial charge in [0, 0.05) is 38.8 Å². The van der Waals surface area contributed by atoms with Crippen molar-refractivity contribution in [3.05, 3.63) is 23.8 Å². The van der Waals surface area contributed by atoms with Crippen LogP contribution < -0.4 is 15.1 Å². The van der Waals surface area contributed by atoms with Crippen molar-refractivity contribution in [2.24, 2.45) is 0 Å². The van der Waals surface area contributed by atoms with E-state index in [1.165, 1.54) is 0 Å². The van der Waals surface area contributed by atoms with E-state index in [0.29, 0.717) is 19.5 Å². The summed E-state index contributed by atoms with van der Waals surface area (Å²) in [6.45, 7) is 2.80. The molecule has 0 aliphatic carbocycles. The zero-order valence-electron chi connectivity index (χ0n) is 14.6. The molecule has 2 saturated heterocycles. The summed E-state index contributed by atoms with van der Waals surface area (Å²) >= 11 is 0. The van der Waals surface area contributed by atoms with E-state index in [9.17, 15) is 18.4 Å². The predicted octanol–water partition coefficient (Wildman–Crippen LogP) is 1.65. The van der Waals surface area contributed by atoms with E-state index in [-0.39, 0.29) is 36.5 Å². The molecule has 2 heterocycles. The first-order valence-electron chi connectivity index (χ1n) is 8.44. The molecule has 0 aromatic heterocycles. The Morgan fingerprint density at radius 2 is 1.96 bits per heavy atom. The number of amides is 2. The van der Waals surface area contributed by atoms with E-state index in [1.54, 1.807) is 18.9 Å². The summed E-state index contributed by atoms with van der Waals surface area (Å²) < 4.78 is 39.1. The summed E-state index contributed by atoms with van der Waals surface area (Å²) in [4.78, 5) is 26.0. The van der Waals surface area contributed by atoms with Crippen LogP contribution in [0.25, 0.3) is 0 Å². The molecule has 142 valence electrons. The minimum absolute atomic E-state index is 0.0406. The molecule has 1 aromatic rings. The molecular formula is C17H21F2N3O4. The van der Waals surface area contributed by atoms with Gasteiger partial charge in [-0.3, -0.25) is 9.69 Å². The number of hydrogen-bond acceptors (Lipinski definition) is 5. The molecule has 0 saturated carbocycles. The largest absolute Gasteiger partial charge is 0.442 e. The van der Waals surface area contributed by atoms with E-state index in [4.69, 9.17) is 9.47 Å². The van der Waals surface area contributed by atoms with Crippen LogP contribution in [0, 0.1) is 11.6 Å². The highest BCUT2D eigenvalue weighted by atomic mass is 19.1. The minimum atomic E-state index is -0.745. The van der Waals surface area contributed by atoms with E-state index in [2.05, 4.69) is 5.32 Å². The van der Waals surface area contributed by atoms with Gasteiger partial charge in [0.15, 0.2) is 11.6 Å². The first-order valence-corrected chi connectivity index (χ1v) is 8.44. The van der Waals surface area contributed by atoms with Gasteiger partial charge >= 0.3 is 6.09 Å². The summed E-state index contributed by atoms with van der Waals surface area (Å²) in [6.07, 6.45) is -0.985. The summed E-state index contributed by atoms with van der Waals surface area (Å²) in [5.41, 5.74) is -0.0387. The number of hydrogen-bond donors (Lipinski definition) is 1. The molecule has 2 aliphatic heterocycles. The smallest absolute Gasteiger partial charge is 0.414 e. The molecule has 7 nitrogen and oxygen atoms in total. The van der Waals surface area contributed by atoms with Gasteiger partial charge < -0.3 is 19.7 Å². The number of methoxy groups -OCH3 is 1. The average Bonchev–Trinajstić information content (AvgIpc) is 2.94. The normalized spacial score (nSPS) is 20.2. The fourth-order valence-electron chi connectivity index (χ4n) is 2.97. The van der Waals surface area contributed by atoms with Crippen LogP contribution in [0.5, 0.6) is 0 Å². The molecule has 2 amide bonds.